The lowest BCUT2D eigenvalue weighted by Gasteiger charge is -2.40. The largest absolute Gasteiger partial charge is 0.369 e. The Morgan fingerprint density at radius 2 is 1.83 bits per heavy atom. The number of rotatable bonds is 3. The van der Waals surface area contributed by atoms with Crippen molar-refractivity contribution in [2.24, 2.45) is 13.0 Å². The number of aryl methyl sites for hydroxylation is 2. The number of nitrogens with zero attached hydrogens (tertiary/aromatic N) is 5. The fourth-order valence-corrected chi connectivity index (χ4v) is 4.39. The van der Waals surface area contributed by atoms with Crippen molar-refractivity contribution < 1.29 is 4.79 Å². The molecule has 4 rings (SSSR count). The summed E-state index contributed by atoms with van der Waals surface area (Å²) >= 11 is 0. The van der Waals surface area contributed by atoms with Crippen molar-refractivity contribution in [1.82, 2.24) is 14.7 Å². The summed E-state index contributed by atoms with van der Waals surface area (Å²) in [5.74, 6) is 0.230. The van der Waals surface area contributed by atoms with Crippen LogP contribution in [0, 0.1) is 12.8 Å². The zero-order valence-corrected chi connectivity index (χ0v) is 17.3. The van der Waals surface area contributed by atoms with Crippen LogP contribution in [0.2, 0.25) is 0 Å². The minimum atomic E-state index is -0.122. The summed E-state index contributed by atoms with van der Waals surface area (Å²) in [6, 6.07) is 10.0. The highest BCUT2D eigenvalue weighted by Gasteiger charge is 2.31. The second-order valence-electron chi connectivity index (χ2n) is 8.06. The highest BCUT2D eigenvalue weighted by atomic mass is 16.2. The van der Waals surface area contributed by atoms with Gasteiger partial charge in [-0.15, -0.1) is 0 Å². The molecule has 1 amide bonds. The number of anilines is 2. The third-order valence-corrected chi connectivity index (χ3v) is 6.14. The first kappa shape index (κ1) is 19.5. The van der Waals surface area contributed by atoms with E-state index < -0.39 is 0 Å². The van der Waals surface area contributed by atoms with E-state index in [1.165, 1.54) is 15.9 Å². The number of hydrogen-bond acceptors (Lipinski definition) is 5. The van der Waals surface area contributed by atoms with E-state index >= 15 is 0 Å². The number of hydrogen-bond donors (Lipinski definition) is 0. The van der Waals surface area contributed by atoms with Gasteiger partial charge in [0.25, 0.3) is 5.56 Å². The molecule has 0 unspecified atom stereocenters. The van der Waals surface area contributed by atoms with Crippen LogP contribution in [0.4, 0.5) is 11.4 Å². The van der Waals surface area contributed by atoms with E-state index in [2.05, 4.69) is 46.1 Å². The van der Waals surface area contributed by atoms with Crippen molar-refractivity contribution in [2.45, 2.75) is 19.8 Å². The number of piperidine rings is 1. The molecule has 2 aromatic rings. The zero-order chi connectivity index (χ0) is 20.4. The molecule has 0 bridgehead atoms. The first-order chi connectivity index (χ1) is 14.0. The maximum atomic E-state index is 13.2. The third-order valence-electron chi connectivity index (χ3n) is 6.14. The molecule has 7 heteroatoms. The SMILES string of the molecule is Cc1ccccc1N1CCN(C(=O)[C@H]2CCCN(c3cnn(C)c(=O)c3)C2)CC1. The van der Waals surface area contributed by atoms with Crippen molar-refractivity contribution >= 4 is 17.3 Å². The van der Waals surface area contributed by atoms with E-state index in [1.54, 1.807) is 19.3 Å². The predicted molar refractivity (Wildman–Crippen MR) is 114 cm³/mol. The highest BCUT2D eigenvalue weighted by Crippen LogP contribution is 2.25. The topological polar surface area (TPSA) is 61.7 Å². The van der Waals surface area contributed by atoms with Crippen LogP contribution >= 0.6 is 0 Å². The summed E-state index contributed by atoms with van der Waals surface area (Å²) in [6.07, 6.45) is 3.58. The Labute approximate surface area is 171 Å². The van der Waals surface area contributed by atoms with Gasteiger partial charge < -0.3 is 14.7 Å². The lowest BCUT2D eigenvalue weighted by molar-refractivity contribution is -0.136. The minimum Gasteiger partial charge on any atom is -0.369 e. The molecule has 0 aliphatic carbocycles. The molecule has 0 radical (unpaired) electrons. The lowest BCUT2D eigenvalue weighted by Crippen LogP contribution is -2.52. The summed E-state index contributed by atoms with van der Waals surface area (Å²) in [4.78, 5) is 31.6. The second-order valence-corrected chi connectivity index (χ2v) is 8.06. The molecule has 29 heavy (non-hydrogen) atoms. The molecule has 2 saturated heterocycles. The Balaban J connectivity index is 1.38. The normalized spacial score (nSPS) is 20.1. The quantitative estimate of drug-likeness (QED) is 0.791. The molecule has 1 aromatic heterocycles. The van der Waals surface area contributed by atoms with Gasteiger partial charge in [-0.25, -0.2) is 4.68 Å². The van der Waals surface area contributed by atoms with E-state index in [4.69, 9.17) is 0 Å². The molecule has 1 atom stereocenters. The fraction of sp³-hybridized carbons (Fsp3) is 0.500. The van der Waals surface area contributed by atoms with Crippen molar-refractivity contribution in [2.75, 3.05) is 49.1 Å². The Morgan fingerprint density at radius 3 is 2.55 bits per heavy atom. The predicted octanol–water partition coefficient (Wildman–Crippen LogP) is 1.65. The molecule has 2 aliphatic heterocycles. The Hall–Kier alpha value is -2.83. The van der Waals surface area contributed by atoms with Gasteiger partial charge in [0.1, 0.15) is 0 Å². The van der Waals surface area contributed by atoms with Gasteiger partial charge in [0.2, 0.25) is 5.91 Å². The van der Waals surface area contributed by atoms with Crippen LogP contribution in [0.5, 0.6) is 0 Å². The Kier molecular flexibility index (Phi) is 5.56. The third kappa shape index (κ3) is 4.13. The van der Waals surface area contributed by atoms with Crippen LogP contribution < -0.4 is 15.4 Å². The summed E-state index contributed by atoms with van der Waals surface area (Å²) in [5, 5.41) is 4.12. The second kappa shape index (κ2) is 8.27. The van der Waals surface area contributed by atoms with Crippen LogP contribution in [-0.2, 0) is 11.8 Å². The first-order valence-electron chi connectivity index (χ1n) is 10.4. The fourth-order valence-electron chi connectivity index (χ4n) is 4.39. The zero-order valence-electron chi connectivity index (χ0n) is 17.3. The van der Waals surface area contributed by atoms with Crippen molar-refractivity contribution in [3.05, 3.63) is 52.4 Å². The highest BCUT2D eigenvalue weighted by molar-refractivity contribution is 5.80. The van der Waals surface area contributed by atoms with Gasteiger partial charge in [0.05, 0.1) is 17.8 Å². The Bertz CT molecular complexity index is 933. The van der Waals surface area contributed by atoms with E-state index in [-0.39, 0.29) is 17.4 Å². The smallest absolute Gasteiger partial charge is 0.268 e. The standard InChI is InChI=1S/C22H29N5O2/c1-17-6-3-4-8-20(17)25-10-12-26(13-11-25)22(29)18-7-5-9-27(16-18)19-14-21(28)24(2)23-15-19/h3-4,6,8,14-15,18H,5,7,9-13,16H2,1-2H3/t18-/m0/s1. The summed E-state index contributed by atoms with van der Waals surface area (Å²) in [5.41, 5.74) is 3.23. The number of carbonyl (C=O) groups is 1. The Morgan fingerprint density at radius 1 is 1.07 bits per heavy atom. The molecule has 2 fully saturated rings. The number of piperazine rings is 1. The molecule has 0 spiro atoms. The van der Waals surface area contributed by atoms with E-state index in [1.807, 2.05) is 4.90 Å². The van der Waals surface area contributed by atoms with Crippen LogP contribution in [0.1, 0.15) is 18.4 Å². The maximum Gasteiger partial charge on any atom is 0.268 e. The van der Waals surface area contributed by atoms with Crippen LogP contribution in [0.25, 0.3) is 0 Å². The molecule has 0 N–H and O–H groups in total. The molecule has 1 aromatic carbocycles. The van der Waals surface area contributed by atoms with Crippen molar-refractivity contribution in [3.63, 3.8) is 0 Å². The van der Waals surface area contributed by atoms with E-state index in [0.29, 0.717) is 6.54 Å². The van der Waals surface area contributed by atoms with E-state index in [0.717, 1.165) is 51.3 Å². The van der Waals surface area contributed by atoms with Gasteiger partial charge >= 0.3 is 0 Å². The molecule has 154 valence electrons. The average molecular weight is 396 g/mol. The number of aromatic nitrogens is 2. The summed E-state index contributed by atoms with van der Waals surface area (Å²) in [6.45, 7) is 6.91. The van der Waals surface area contributed by atoms with E-state index in [9.17, 15) is 9.59 Å². The molecule has 3 heterocycles. The number of carbonyl (C=O) groups excluding carboxylic acids is 1. The molecular weight excluding hydrogens is 366 g/mol. The van der Waals surface area contributed by atoms with Crippen LogP contribution in [0.15, 0.2) is 41.3 Å². The maximum absolute atomic E-state index is 13.2. The van der Waals surface area contributed by atoms with Gasteiger partial charge in [0, 0.05) is 58.1 Å². The first-order valence-corrected chi connectivity index (χ1v) is 10.4. The van der Waals surface area contributed by atoms with Crippen molar-refractivity contribution in [3.8, 4) is 0 Å². The van der Waals surface area contributed by atoms with Crippen LogP contribution in [0.3, 0.4) is 0 Å². The van der Waals surface area contributed by atoms with Gasteiger partial charge in [-0.1, -0.05) is 18.2 Å². The number of amides is 1. The van der Waals surface area contributed by atoms with Gasteiger partial charge in [-0.05, 0) is 31.4 Å². The molecule has 2 aliphatic rings. The number of benzene rings is 1. The molecule has 0 saturated carbocycles. The van der Waals surface area contributed by atoms with Gasteiger partial charge in [0.15, 0.2) is 0 Å². The van der Waals surface area contributed by atoms with Crippen molar-refractivity contribution in [1.29, 1.82) is 0 Å². The van der Waals surface area contributed by atoms with Gasteiger partial charge in [-0.2, -0.15) is 5.10 Å². The van der Waals surface area contributed by atoms with Crippen LogP contribution in [-0.4, -0.2) is 59.9 Å². The average Bonchev–Trinajstić information content (AvgIpc) is 2.76. The molecule has 7 nitrogen and oxygen atoms in total. The summed E-state index contributed by atoms with van der Waals surface area (Å²) < 4.78 is 1.32. The summed E-state index contributed by atoms with van der Waals surface area (Å²) in [7, 11) is 1.64. The van der Waals surface area contributed by atoms with Gasteiger partial charge in [-0.3, -0.25) is 9.59 Å². The number of para-hydroxylation sites is 1. The minimum absolute atomic E-state index is 0.0159. The monoisotopic (exact) mass is 395 g/mol. The lowest BCUT2D eigenvalue weighted by atomic mass is 9.95. The molecular formula is C22H29N5O2.